The maximum atomic E-state index is 9.58. The monoisotopic (exact) mass is 237 g/mol. The lowest BCUT2D eigenvalue weighted by molar-refractivity contribution is 0.158. The molecule has 0 radical (unpaired) electrons. The zero-order valence-corrected chi connectivity index (χ0v) is 11.8. The molecule has 1 saturated carbocycles. The molecule has 0 spiro atoms. The van der Waals surface area contributed by atoms with E-state index in [0.717, 1.165) is 26.1 Å². The third-order valence-corrected chi connectivity index (χ3v) is 4.04. The Balaban J connectivity index is 2.73. The van der Waals surface area contributed by atoms with Crippen molar-refractivity contribution in [1.82, 2.24) is 10.2 Å². The molecule has 0 bridgehead atoms. The van der Waals surface area contributed by atoms with Crippen molar-refractivity contribution in [3.05, 3.63) is 0 Å². The van der Waals surface area contributed by atoms with Crippen molar-refractivity contribution >= 4 is 0 Å². The molecule has 0 aromatic heterocycles. The Morgan fingerprint density at radius 3 is 2.41 bits per heavy atom. The SMILES string of the molecule is CCNC(C#N)(CN(CC)C(C)CC)C1CC1. The second kappa shape index (κ2) is 6.37. The van der Waals surface area contributed by atoms with Crippen molar-refractivity contribution in [2.75, 3.05) is 19.6 Å². The highest BCUT2D eigenvalue weighted by Crippen LogP contribution is 2.40. The fraction of sp³-hybridized carbons (Fsp3) is 0.929. The molecule has 1 rings (SSSR count). The van der Waals surface area contributed by atoms with E-state index < -0.39 is 0 Å². The molecule has 17 heavy (non-hydrogen) atoms. The summed E-state index contributed by atoms with van der Waals surface area (Å²) >= 11 is 0. The summed E-state index contributed by atoms with van der Waals surface area (Å²) in [5, 5.41) is 13.0. The molecule has 1 fully saturated rings. The van der Waals surface area contributed by atoms with E-state index >= 15 is 0 Å². The molecule has 0 saturated heterocycles. The lowest BCUT2D eigenvalue weighted by Crippen LogP contribution is -2.55. The number of nitrogens with zero attached hydrogens (tertiary/aromatic N) is 2. The molecular weight excluding hydrogens is 210 g/mol. The van der Waals surface area contributed by atoms with Crippen molar-refractivity contribution < 1.29 is 0 Å². The molecule has 3 nitrogen and oxygen atoms in total. The maximum Gasteiger partial charge on any atom is 0.122 e. The highest BCUT2D eigenvalue weighted by atomic mass is 15.2. The minimum Gasteiger partial charge on any atom is -0.298 e. The van der Waals surface area contributed by atoms with Crippen LogP contribution in [0.15, 0.2) is 0 Å². The van der Waals surface area contributed by atoms with Gasteiger partial charge in [-0.2, -0.15) is 5.26 Å². The first-order chi connectivity index (χ1) is 8.13. The minimum atomic E-state index is -0.311. The number of hydrogen-bond acceptors (Lipinski definition) is 3. The second-order valence-electron chi connectivity index (χ2n) is 5.21. The fourth-order valence-corrected chi connectivity index (χ4v) is 2.54. The van der Waals surface area contributed by atoms with Crippen LogP contribution in [0.2, 0.25) is 0 Å². The summed E-state index contributed by atoms with van der Waals surface area (Å²) in [6, 6.07) is 3.13. The van der Waals surface area contributed by atoms with E-state index in [9.17, 15) is 5.26 Å². The average Bonchev–Trinajstić information content (AvgIpc) is 3.18. The van der Waals surface area contributed by atoms with Crippen LogP contribution in [0.5, 0.6) is 0 Å². The van der Waals surface area contributed by atoms with Crippen LogP contribution in [0.25, 0.3) is 0 Å². The Bertz CT molecular complexity index is 267. The molecule has 98 valence electrons. The van der Waals surface area contributed by atoms with E-state index in [2.05, 4.69) is 44.0 Å². The lowest BCUT2D eigenvalue weighted by Gasteiger charge is -2.36. The van der Waals surface area contributed by atoms with E-state index in [1.807, 2.05) is 0 Å². The lowest BCUT2D eigenvalue weighted by atomic mass is 9.93. The first kappa shape index (κ1) is 14.5. The Morgan fingerprint density at radius 1 is 1.41 bits per heavy atom. The highest BCUT2D eigenvalue weighted by molar-refractivity contribution is 5.16. The molecule has 0 amide bonds. The summed E-state index contributed by atoms with van der Waals surface area (Å²) in [6.07, 6.45) is 3.56. The molecule has 1 aliphatic rings. The molecule has 0 heterocycles. The van der Waals surface area contributed by atoms with Crippen LogP contribution in [-0.4, -0.2) is 36.1 Å². The van der Waals surface area contributed by atoms with Crippen LogP contribution in [0.4, 0.5) is 0 Å². The van der Waals surface area contributed by atoms with Gasteiger partial charge in [-0.3, -0.25) is 10.2 Å². The Labute approximate surface area is 106 Å². The molecule has 0 aliphatic heterocycles. The van der Waals surface area contributed by atoms with Crippen LogP contribution in [0.1, 0.15) is 47.0 Å². The maximum absolute atomic E-state index is 9.58. The van der Waals surface area contributed by atoms with E-state index in [1.54, 1.807) is 0 Å². The number of rotatable bonds is 8. The predicted octanol–water partition coefficient (Wildman–Crippen LogP) is 2.39. The fourth-order valence-electron chi connectivity index (χ4n) is 2.54. The Morgan fingerprint density at radius 2 is 2.06 bits per heavy atom. The topological polar surface area (TPSA) is 39.1 Å². The van der Waals surface area contributed by atoms with Gasteiger partial charge >= 0.3 is 0 Å². The molecule has 3 heteroatoms. The third kappa shape index (κ3) is 3.43. The quantitative estimate of drug-likeness (QED) is 0.704. The average molecular weight is 237 g/mol. The summed E-state index contributed by atoms with van der Waals surface area (Å²) in [7, 11) is 0. The zero-order chi connectivity index (χ0) is 12.9. The van der Waals surface area contributed by atoms with Crippen LogP contribution < -0.4 is 5.32 Å². The van der Waals surface area contributed by atoms with Gasteiger partial charge in [0.2, 0.25) is 0 Å². The van der Waals surface area contributed by atoms with E-state index in [4.69, 9.17) is 0 Å². The Hall–Kier alpha value is -0.590. The van der Waals surface area contributed by atoms with Crippen molar-refractivity contribution in [3.8, 4) is 6.07 Å². The van der Waals surface area contributed by atoms with Gasteiger partial charge in [-0.1, -0.05) is 20.8 Å². The van der Waals surface area contributed by atoms with Crippen molar-refractivity contribution in [2.45, 2.75) is 58.5 Å². The van der Waals surface area contributed by atoms with Crippen LogP contribution in [-0.2, 0) is 0 Å². The first-order valence-electron chi connectivity index (χ1n) is 7.03. The van der Waals surface area contributed by atoms with E-state index in [0.29, 0.717) is 12.0 Å². The van der Waals surface area contributed by atoms with Crippen LogP contribution in [0.3, 0.4) is 0 Å². The van der Waals surface area contributed by atoms with Gasteiger partial charge in [0.25, 0.3) is 0 Å². The van der Waals surface area contributed by atoms with E-state index in [-0.39, 0.29) is 5.54 Å². The molecule has 0 aromatic carbocycles. The van der Waals surface area contributed by atoms with E-state index in [1.165, 1.54) is 12.8 Å². The van der Waals surface area contributed by atoms with Gasteiger partial charge < -0.3 is 0 Å². The summed E-state index contributed by atoms with van der Waals surface area (Å²) in [4.78, 5) is 2.43. The zero-order valence-electron chi connectivity index (χ0n) is 11.8. The summed E-state index contributed by atoms with van der Waals surface area (Å²) in [6.45, 7) is 11.5. The van der Waals surface area contributed by atoms with Crippen molar-refractivity contribution in [1.29, 1.82) is 5.26 Å². The summed E-state index contributed by atoms with van der Waals surface area (Å²) < 4.78 is 0. The van der Waals surface area contributed by atoms with Gasteiger partial charge in [-0.15, -0.1) is 0 Å². The largest absolute Gasteiger partial charge is 0.298 e. The highest BCUT2D eigenvalue weighted by Gasteiger charge is 2.46. The molecule has 1 N–H and O–H groups in total. The van der Waals surface area contributed by atoms with Gasteiger partial charge in [0.1, 0.15) is 5.54 Å². The number of nitriles is 1. The molecule has 0 aromatic rings. The van der Waals surface area contributed by atoms with Gasteiger partial charge in [0, 0.05) is 12.6 Å². The number of hydrogen-bond donors (Lipinski definition) is 1. The van der Waals surface area contributed by atoms with Gasteiger partial charge in [0.15, 0.2) is 0 Å². The molecule has 2 unspecified atom stereocenters. The van der Waals surface area contributed by atoms with Gasteiger partial charge in [-0.25, -0.2) is 0 Å². The second-order valence-corrected chi connectivity index (χ2v) is 5.21. The van der Waals surface area contributed by atoms with Gasteiger partial charge in [-0.05, 0) is 45.2 Å². The number of likely N-dealkylation sites (N-methyl/N-ethyl adjacent to an activating group) is 2. The summed E-state index contributed by atoms with van der Waals surface area (Å²) in [5.74, 6) is 0.561. The van der Waals surface area contributed by atoms with Crippen LogP contribution >= 0.6 is 0 Å². The number of nitrogens with one attached hydrogen (secondary N) is 1. The van der Waals surface area contributed by atoms with Gasteiger partial charge in [0.05, 0.1) is 6.07 Å². The molecule has 2 atom stereocenters. The van der Waals surface area contributed by atoms with Crippen molar-refractivity contribution in [2.24, 2.45) is 5.92 Å². The first-order valence-corrected chi connectivity index (χ1v) is 7.03. The normalized spacial score (nSPS) is 20.9. The summed E-state index contributed by atoms with van der Waals surface area (Å²) in [5.41, 5.74) is -0.311. The van der Waals surface area contributed by atoms with Crippen molar-refractivity contribution in [3.63, 3.8) is 0 Å². The Kier molecular flexibility index (Phi) is 5.42. The molecule has 1 aliphatic carbocycles. The molecular formula is C14H27N3. The predicted molar refractivity (Wildman–Crippen MR) is 71.7 cm³/mol. The smallest absolute Gasteiger partial charge is 0.122 e. The minimum absolute atomic E-state index is 0.311. The third-order valence-electron chi connectivity index (χ3n) is 4.04. The standard InChI is InChI=1S/C14H27N3/c1-5-12(4)17(7-3)11-14(10-15,16-6-2)13-8-9-13/h12-13,16H,5-9,11H2,1-4H3. The van der Waals surface area contributed by atoms with Crippen LogP contribution in [0, 0.1) is 17.2 Å².